The number of hydrogen-bond acceptors (Lipinski definition) is 9. The minimum atomic E-state index is -3.51. The van der Waals surface area contributed by atoms with Gasteiger partial charge in [0.25, 0.3) is 0 Å². The molecule has 0 spiro atoms. The van der Waals surface area contributed by atoms with Crippen molar-refractivity contribution in [2.75, 3.05) is 48.5 Å². The van der Waals surface area contributed by atoms with Crippen molar-refractivity contribution in [1.82, 2.24) is 24.6 Å². The van der Waals surface area contributed by atoms with E-state index in [4.69, 9.17) is 0 Å². The van der Waals surface area contributed by atoms with E-state index in [9.17, 15) is 8.42 Å². The van der Waals surface area contributed by atoms with Crippen LogP contribution in [-0.4, -0.2) is 72.0 Å². The number of fused-ring (bicyclic) bond motifs is 1. The monoisotopic (exact) mass is 612 g/mol. The molecule has 12 heteroatoms. The molecule has 2 aromatic carbocycles. The first kappa shape index (κ1) is 27.4. The van der Waals surface area contributed by atoms with Crippen LogP contribution in [0.1, 0.15) is 19.8 Å². The Kier molecular flexibility index (Phi) is 7.79. The second-order valence-electron chi connectivity index (χ2n) is 9.95. The van der Waals surface area contributed by atoms with Gasteiger partial charge in [-0.05, 0) is 79.3 Å². The van der Waals surface area contributed by atoms with E-state index in [1.165, 1.54) is 5.69 Å². The fraction of sp³-hybridized carbons (Fsp3) is 0.370. The molecule has 1 saturated heterocycles. The molecule has 4 aromatic rings. The summed E-state index contributed by atoms with van der Waals surface area (Å²) in [6, 6.07) is 12.4. The number of rotatable bonds is 8. The zero-order valence-corrected chi connectivity index (χ0v) is 24.9. The number of anilines is 5. The molecule has 1 fully saturated rings. The lowest BCUT2D eigenvalue weighted by atomic mass is 10.0. The van der Waals surface area contributed by atoms with Crippen molar-refractivity contribution in [2.24, 2.45) is 7.05 Å². The Labute approximate surface area is 237 Å². The molecule has 2 N–H and O–H groups in total. The third kappa shape index (κ3) is 5.87. The van der Waals surface area contributed by atoms with Crippen LogP contribution in [0.5, 0.6) is 0 Å². The SMILES string of the molecule is CCS(=O)(=O)c1cc2c(cnn2C)cc1Nc1nc(Nc2ccc(N3CCC(N(C)C)CC3)cc2)ncc1Br. The molecule has 0 amide bonds. The number of nitrogens with zero attached hydrogens (tertiary/aromatic N) is 6. The van der Waals surface area contributed by atoms with Crippen LogP contribution in [0, 0.1) is 0 Å². The maximum Gasteiger partial charge on any atom is 0.229 e. The van der Waals surface area contributed by atoms with E-state index in [0.29, 0.717) is 28.0 Å². The van der Waals surface area contributed by atoms with Crippen LogP contribution in [-0.2, 0) is 16.9 Å². The minimum Gasteiger partial charge on any atom is -0.371 e. The Bertz CT molecular complexity index is 1580. The van der Waals surface area contributed by atoms with Gasteiger partial charge in [0, 0.05) is 49.1 Å². The molecule has 0 bridgehead atoms. The summed E-state index contributed by atoms with van der Waals surface area (Å²) in [5, 5.41) is 11.6. The van der Waals surface area contributed by atoms with Crippen molar-refractivity contribution in [3.8, 4) is 0 Å². The van der Waals surface area contributed by atoms with Crippen LogP contribution in [0.25, 0.3) is 10.9 Å². The topological polar surface area (TPSA) is 108 Å². The first-order valence-corrected chi connectivity index (χ1v) is 15.4. The van der Waals surface area contributed by atoms with Gasteiger partial charge in [0.1, 0.15) is 5.82 Å². The quantitative estimate of drug-likeness (QED) is 0.286. The van der Waals surface area contributed by atoms with Gasteiger partial charge in [-0.1, -0.05) is 6.92 Å². The van der Waals surface area contributed by atoms with Gasteiger partial charge in [0.15, 0.2) is 9.84 Å². The summed E-state index contributed by atoms with van der Waals surface area (Å²) >= 11 is 3.50. The zero-order valence-electron chi connectivity index (χ0n) is 22.5. The van der Waals surface area contributed by atoms with Crippen LogP contribution >= 0.6 is 15.9 Å². The lowest BCUT2D eigenvalue weighted by Gasteiger charge is -2.36. The Balaban J connectivity index is 1.35. The molecular formula is C27H33BrN8O2S. The van der Waals surface area contributed by atoms with Gasteiger partial charge in [-0.3, -0.25) is 4.68 Å². The van der Waals surface area contributed by atoms with Gasteiger partial charge in [-0.2, -0.15) is 10.1 Å². The number of benzene rings is 2. The molecule has 1 aliphatic heterocycles. The van der Waals surface area contributed by atoms with E-state index < -0.39 is 9.84 Å². The highest BCUT2D eigenvalue weighted by Crippen LogP contribution is 2.33. The fourth-order valence-corrected chi connectivity index (χ4v) is 6.20. The number of aromatic nitrogens is 4. The Hall–Kier alpha value is -3.22. The second-order valence-corrected chi connectivity index (χ2v) is 13.0. The Morgan fingerprint density at radius 3 is 2.46 bits per heavy atom. The zero-order chi connectivity index (χ0) is 27.7. The van der Waals surface area contributed by atoms with Gasteiger partial charge < -0.3 is 20.4 Å². The largest absolute Gasteiger partial charge is 0.371 e. The molecule has 1 aliphatic rings. The molecule has 39 heavy (non-hydrogen) atoms. The first-order valence-electron chi connectivity index (χ1n) is 12.9. The lowest BCUT2D eigenvalue weighted by molar-refractivity contribution is 0.249. The number of piperidine rings is 1. The lowest BCUT2D eigenvalue weighted by Crippen LogP contribution is -2.41. The van der Waals surface area contributed by atoms with Crippen LogP contribution in [0.3, 0.4) is 0 Å². The van der Waals surface area contributed by atoms with E-state index in [2.05, 4.69) is 77.7 Å². The van der Waals surface area contributed by atoms with Crippen LogP contribution in [0.15, 0.2) is 58.2 Å². The molecule has 3 heterocycles. The molecule has 0 unspecified atom stereocenters. The summed E-state index contributed by atoms with van der Waals surface area (Å²) in [7, 11) is 2.58. The van der Waals surface area contributed by atoms with Gasteiger partial charge in [0.2, 0.25) is 5.95 Å². The maximum atomic E-state index is 12.9. The van der Waals surface area contributed by atoms with Gasteiger partial charge in [0.05, 0.1) is 32.5 Å². The standard InChI is InChI=1S/C27H33BrN8O2S/c1-5-39(37,38)25-15-24-18(16-30-35(24)4)14-23(25)32-26-22(28)17-29-27(33-26)31-19-6-8-21(9-7-19)36-12-10-20(11-13-36)34(2)3/h6-9,14-17,20H,5,10-13H2,1-4H3,(H2,29,31,32,33). The minimum absolute atomic E-state index is 0.0214. The average Bonchev–Trinajstić information content (AvgIpc) is 3.30. The molecule has 0 saturated carbocycles. The maximum absolute atomic E-state index is 12.9. The van der Waals surface area contributed by atoms with E-state index in [0.717, 1.165) is 42.5 Å². The Morgan fingerprint density at radius 1 is 1.08 bits per heavy atom. The molecule has 5 rings (SSSR count). The summed E-state index contributed by atoms with van der Waals surface area (Å²) in [4.78, 5) is 14.0. The van der Waals surface area contributed by atoms with Gasteiger partial charge >= 0.3 is 0 Å². The average molecular weight is 614 g/mol. The fourth-order valence-electron chi connectivity index (χ4n) is 4.86. The van der Waals surface area contributed by atoms with Crippen LogP contribution in [0.2, 0.25) is 0 Å². The number of halogens is 1. The van der Waals surface area contributed by atoms with Gasteiger partial charge in [-0.25, -0.2) is 13.4 Å². The highest BCUT2D eigenvalue weighted by Gasteiger charge is 2.22. The summed E-state index contributed by atoms with van der Waals surface area (Å²) in [5.74, 6) is 0.818. The van der Waals surface area contributed by atoms with Crippen LogP contribution in [0.4, 0.5) is 28.8 Å². The number of aryl methyl sites for hydroxylation is 1. The van der Waals surface area contributed by atoms with E-state index in [1.807, 2.05) is 12.1 Å². The number of hydrogen-bond donors (Lipinski definition) is 2. The normalized spacial score (nSPS) is 14.8. The highest BCUT2D eigenvalue weighted by molar-refractivity contribution is 9.10. The summed E-state index contributed by atoms with van der Waals surface area (Å²) in [5.41, 5.74) is 3.24. The molecule has 0 aliphatic carbocycles. The molecule has 2 aromatic heterocycles. The second kappa shape index (κ2) is 11.1. The smallest absolute Gasteiger partial charge is 0.229 e. The van der Waals surface area contributed by atoms with Crippen LogP contribution < -0.4 is 15.5 Å². The van der Waals surface area contributed by atoms with E-state index in [-0.39, 0.29) is 10.6 Å². The van der Waals surface area contributed by atoms with Crippen molar-refractivity contribution < 1.29 is 8.42 Å². The predicted molar refractivity (Wildman–Crippen MR) is 160 cm³/mol. The highest BCUT2D eigenvalue weighted by atomic mass is 79.9. The molecule has 0 radical (unpaired) electrons. The number of sulfone groups is 1. The predicted octanol–water partition coefficient (Wildman–Crippen LogP) is 4.94. The molecule has 206 valence electrons. The van der Waals surface area contributed by atoms with E-state index >= 15 is 0 Å². The summed E-state index contributed by atoms with van der Waals surface area (Å²) < 4.78 is 28.1. The third-order valence-electron chi connectivity index (χ3n) is 7.24. The molecule has 0 atom stereocenters. The van der Waals surface area contributed by atoms with Crippen molar-refractivity contribution in [2.45, 2.75) is 30.7 Å². The van der Waals surface area contributed by atoms with Crippen molar-refractivity contribution in [1.29, 1.82) is 0 Å². The molecular weight excluding hydrogens is 580 g/mol. The summed E-state index contributed by atoms with van der Waals surface area (Å²) in [6.45, 7) is 3.72. The van der Waals surface area contributed by atoms with Crippen molar-refractivity contribution in [3.63, 3.8) is 0 Å². The van der Waals surface area contributed by atoms with Gasteiger partial charge in [-0.15, -0.1) is 0 Å². The Morgan fingerprint density at radius 2 is 1.79 bits per heavy atom. The van der Waals surface area contributed by atoms with E-state index in [1.54, 1.807) is 43.2 Å². The molecule has 10 nitrogen and oxygen atoms in total. The van der Waals surface area contributed by atoms with Crippen molar-refractivity contribution >= 4 is 65.5 Å². The summed E-state index contributed by atoms with van der Waals surface area (Å²) in [6.07, 6.45) is 5.66. The third-order valence-corrected chi connectivity index (χ3v) is 9.59. The van der Waals surface area contributed by atoms with Crippen molar-refractivity contribution in [3.05, 3.63) is 53.3 Å². The first-order chi connectivity index (χ1) is 18.6. The number of nitrogens with one attached hydrogen (secondary N) is 2.